The van der Waals surface area contributed by atoms with Crippen molar-refractivity contribution in [1.29, 1.82) is 0 Å². The minimum Gasteiger partial charge on any atom is -0.490 e. The molecule has 2 N–H and O–H groups in total. The third-order valence-electron chi connectivity index (χ3n) is 5.17. The fraction of sp³-hybridized carbons (Fsp3) is 0.179. The Morgan fingerprint density at radius 3 is 2.34 bits per heavy atom. The van der Waals surface area contributed by atoms with Crippen LogP contribution in [0.25, 0.3) is 11.4 Å². The number of carbonyl (C=O) groups excluding carboxylic acids is 1. The molecule has 1 amide bonds. The van der Waals surface area contributed by atoms with Gasteiger partial charge in [-0.1, -0.05) is 36.4 Å². The molecule has 0 bridgehead atoms. The molecule has 0 spiro atoms. The molecule has 0 radical (unpaired) electrons. The van der Waals surface area contributed by atoms with Crippen LogP contribution in [0.15, 0.2) is 85.1 Å². The summed E-state index contributed by atoms with van der Waals surface area (Å²) in [6, 6.07) is 24.6. The first-order chi connectivity index (χ1) is 17.2. The maximum atomic E-state index is 12.7. The summed E-state index contributed by atoms with van der Waals surface area (Å²) in [5.41, 5.74) is 3.27. The molecule has 4 rings (SSSR count). The van der Waals surface area contributed by atoms with Crippen molar-refractivity contribution < 1.29 is 14.3 Å². The van der Waals surface area contributed by atoms with E-state index in [-0.39, 0.29) is 5.91 Å². The first-order valence-corrected chi connectivity index (χ1v) is 11.6. The summed E-state index contributed by atoms with van der Waals surface area (Å²) in [6.07, 6.45) is 1.72. The van der Waals surface area contributed by atoms with Crippen LogP contribution in [0.1, 0.15) is 29.8 Å². The number of hydrogen-bond donors (Lipinski definition) is 2. The van der Waals surface area contributed by atoms with Gasteiger partial charge in [0, 0.05) is 29.6 Å². The Morgan fingerprint density at radius 2 is 1.60 bits per heavy atom. The van der Waals surface area contributed by atoms with Crippen LogP contribution in [-0.4, -0.2) is 29.1 Å². The van der Waals surface area contributed by atoms with Gasteiger partial charge >= 0.3 is 0 Å². The number of nitrogens with zero attached hydrogens (tertiary/aromatic N) is 2. The van der Waals surface area contributed by atoms with Crippen molar-refractivity contribution >= 4 is 17.4 Å². The van der Waals surface area contributed by atoms with E-state index < -0.39 is 0 Å². The molecule has 7 nitrogen and oxygen atoms in total. The zero-order valence-corrected chi connectivity index (χ0v) is 19.8. The summed E-state index contributed by atoms with van der Waals surface area (Å²) < 4.78 is 11.3. The van der Waals surface area contributed by atoms with E-state index in [1.165, 1.54) is 0 Å². The molecule has 1 aromatic heterocycles. The molecule has 3 aromatic carbocycles. The number of benzene rings is 3. The van der Waals surface area contributed by atoms with Gasteiger partial charge in [-0.25, -0.2) is 9.97 Å². The molecular formula is C28H28N4O3. The third kappa shape index (κ3) is 6.35. The van der Waals surface area contributed by atoms with Crippen LogP contribution in [0, 0.1) is 0 Å². The lowest BCUT2D eigenvalue weighted by molar-refractivity contribution is 0.0951. The molecule has 4 aromatic rings. The van der Waals surface area contributed by atoms with E-state index >= 15 is 0 Å². The highest BCUT2D eigenvalue weighted by Crippen LogP contribution is 2.28. The molecule has 0 unspecified atom stereocenters. The molecule has 0 atom stereocenters. The average molecular weight is 469 g/mol. The Bertz CT molecular complexity index is 1260. The Kier molecular flexibility index (Phi) is 7.91. The van der Waals surface area contributed by atoms with Crippen LogP contribution in [0.5, 0.6) is 11.5 Å². The predicted octanol–water partition coefficient (Wildman–Crippen LogP) is 5.61. The number of carbonyl (C=O) groups is 1. The van der Waals surface area contributed by atoms with Crippen molar-refractivity contribution in [1.82, 2.24) is 15.3 Å². The number of hydrogen-bond acceptors (Lipinski definition) is 6. The predicted molar refractivity (Wildman–Crippen MR) is 137 cm³/mol. The van der Waals surface area contributed by atoms with Gasteiger partial charge in [0.15, 0.2) is 17.3 Å². The molecule has 0 aliphatic rings. The van der Waals surface area contributed by atoms with Gasteiger partial charge in [-0.05, 0) is 61.9 Å². The third-order valence-corrected chi connectivity index (χ3v) is 5.17. The van der Waals surface area contributed by atoms with Crippen molar-refractivity contribution in [3.8, 4) is 22.9 Å². The molecule has 0 saturated heterocycles. The molecule has 0 aliphatic carbocycles. The Balaban J connectivity index is 1.37. The van der Waals surface area contributed by atoms with E-state index in [1.807, 2.05) is 74.5 Å². The number of anilines is 2. The molecule has 0 aliphatic heterocycles. The number of nitrogens with one attached hydrogen (secondary N) is 2. The van der Waals surface area contributed by atoms with E-state index in [0.717, 1.165) is 16.8 Å². The van der Waals surface area contributed by atoms with E-state index in [1.54, 1.807) is 24.4 Å². The van der Waals surface area contributed by atoms with Gasteiger partial charge in [-0.2, -0.15) is 0 Å². The minimum absolute atomic E-state index is 0.156. The number of ether oxygens (including phenoxy) is 2. The zero-order chi connectivity index (χ0) is 24.5. The van der Waals surface area contributed by atoms with Gasteiger partial charge in [0.25, 0.3) is 5.91 Å². The van der Waals surface area contributed by atoms with E-state index in [9.17, 15) is 4.79 Å². The highest BCUT2D eigenvalue weighted by Gasteiger charge is 2.09. The Labute approximate surface area is 205 Å². The molecule has 178 valence electrons. The number of amides is 1. The quantitative estimate of drug-likeness (QED) is 0.314. The van der Waals surface area contributed by atoms with Crippen molar-refractivity contribution in [3.05, 3.63) is 96.2 Å². The average Bonchev–Trinajstić information content (AvgIpc) is 2.90. The van der Waals surface area contributed by atoms with E-state index in [2.05, 4.69) is 20.6 Å². The van der Waals surface area contributed by atoms with Gasteiger partial charge in [0.1, 0.15) is 5.82 Å². The van der Waals surface area contributed by atoms with Crippen LogP contribution >= 0.6 is 0 Å². The molecule has 1 heterocycles. The van der Waals surface area contributed by atoms with Crippen molar-refractivity contribution in [3.63, 3.8) is 0 Å². The SMILES string of the molecule is CCOc1ccc(CNC(=O)c2ccc(Nc3ccnc(-c4ccccc4)n3)cc2)cc1OCC. The molecule has 35 heavy (non-hydrogen) atoms. The summed E-state index contributed by atoms with van der Waals surface area (Å²) in [5, 5.41) is 6.22. The Hall–Kier alpha value is -4.39. The summed E-state index contributed by atoms with van der Waals surface area (Å²) in [6.45, 7) is 5.34. The first-order valence-electron chi connectivity index (χ1n) is 11.6. The fourth-order valence-electron chi connectivity index (χ4n) is 3.50. The second-order valence-electron chi connectivity index (χ2n) is 7.66. The maximum absolute atomic E-state index is 12.7. The molecular weight excluding hydrogens is 440 g/mol. The summed E-state index contributed by atoms with van der Waals surface area (Å²) in [4.78, 5) is 21.6. The van der Waals surface area contributed by atoms with Crippen molar-refractivity contribution in [2.45, 2.75) is 20.4 Å². The van der Waals surface area contributed by atoms with Gasteiger partial charge in [0.2, 0.25) is 0 Å². The lowest BCUT2D eigenvalue weighted by atomic mass is 10.1. The van der Waals surface area contributed by atoms with Crippen LogP contribution in [0.2, 0.25) is 0 Å². The van der Waals surface area contributed by atoms with Crippen LogP contribution in [-0.2, 0) is 6.54 Å². The first kappa shape index (κ1) is 23.8. The van der Waals surface area contributed by atoms with Gasteiger partial charge in [-0.15, -0.1) is 0 Å². The standard InChI is InChI=1S/C28H28N4O3/c1-3-34-24-15-10-20(18-25(24)35-4-2)19-30-28(33)22-11-13-23(14-12-22)31-26-16-17-29-27(32-26)21-8-6-5-7-9-21/h5-18H,3-4,19H2,1-2H3,(H,30,33)(H,29,31,32). The van der Waals surface area contributed by atoms with Gasteiger partial charge in [-0.3, -0.25) is 4.79 Å². The second-order valence-corrected chi connectivity index (χ2v) is 7.66. The van der Waals surface area contributed by atoms with Crippen molar-refractivity contribution in [2.24, 2.45) is 0 Å². The van der Waals surface area contributed by atoms with E-state index in [4.69, 9.17) is 9.47 Å². The normalized spacial score (nSPS) is 10.5. The fourth-order valence-corrected chi connectivity index (χ4v) is 3.50. The summed E-state index contributed by atoms with van der Waals surface area (Å²) in [7, 11) is 0. The smallest absolute Gasteiger partial charge is 0.251 e. The lowest BCUT2D eigenvalue weighted by Gasteiger charge is -2.13. The summed E-state index contributed by atoms with van der Waals surface area (Å²) in [5.74, 6) is 2.55. The minimum atomic E-state index is -0.156. The van der Waals surface area contributed by atoms with Gasteiger partial charge in [0.05, 0.1) is 13.2 Å². The van der Waals surface area contributed by atoms with Crippen LogP contribution < -0.4 is 20.1 Å². The van der Waals surface area contributed by atoms with Crippen molar-refractivity contribution in [2.75, 3.05) is 18.5 Å². The molecule has 7 heteroatoms. The highest BCUT2D eigenvalue weighted by atomic mass is 16.5. The second kappa shape index (κ2) is 11.7. The van der Waals surface area contributed by atoms with Crippen LogP contribution in [0.3, 0.4) is 0 Å². The zero-order valence-electron chi connectivity index (χ0n) is 19.8. The largest absolute Gasteiger partial charge is 0.490 e. The number of rotatable bonds is 10. The molecule has 0 saturated carbocycles. The number of aromatic nitrogens is 2. The maximum Gasteiger partial charge on any atom is 0.251 e. The summed E-state index contributed by atoms with van der Waals surface area (Å²) >= 11 is 0. The topological polar surface area (TPSA) is 85.4 Å². The lowest BCUT2D eigenvalue weighted by Crippen LogP contribution is -2.22. The monoisotopic (exact) mass is 468 g/mol. The highest BCUT2D eigenvalue weighted by molar-refractivity contribution is 5.94. The van der Waals surface area contributed by atoms with E-state index in [0.29, 0.717) is 48.5 Å². The van der Waals surface area contributed by atoms with Crippen LogP contribution in [0.4, 0.5) is 11.5 Å². The molecule has 0 fully saturated rings. The Morgan fingerprint density at radius 1 is 0.857 bits per heavy atom. The van der Waals surface area contributed by atoms with Gasteiger partial charge < -0.3 is 20.1 Å².